The van der Waals surface area contributed by atoms with Crippen LogP contribution in [0.25, 0.3) is 0 Å². The first-order valence-corrected chi connectivity index (χ1v) is 11.0. The molecule has 0 aliphatic rings. The molecule has 0 saturated heterocycles. The average molecular weight is 626 g/mol. The maximum absolute atomic E-state index is 11.9. The average Bonchev–Trinajstić information content (AvgIpc) is 3.17. The first kappa shape index (κ1) is 44.8. The number of halogens is 7. The van der Waals surface area contributed by atoms with Crippen LogP contribution in [0.15, 0.2) is 22.7 Å². The summed E-state index contributed by atoms with van der Waals surface area (Å²) >= 11 is 0. The van der Waals surface area contributed by atoms with Crippen LogP contribution in [0.3, 0.4) is 0 Å². The summed E-state index contributed by atoms with van der Waals surface area (Å²) in [7, 11) is 0. The number of hydrogen-bond acceptors (Lipinski definition) is 9. The SMILES string of the molecule is CCOC(=O)/C=C(\[O-])C(=O)OCC.CCOC(=O)c1cc(=O)n(CCC(F)(F)F)[nH]1.Cl.NCCCC(F)(F)F.[Na+]. The van der Waals surface area contributed by atoms with Crippen molar-refractivity contribution in [2.24, 2.45) is 5.73 Å². The number of esters is 3. The number of rotatable bonds is 10. The monoisotopic (exact) mass is 625 g/mol. The summed E-state index contributed by atoms with van der Waals surface area (Å²) < 4.78 is 83.5. The van der Waals surface area contributed by atoms with Crippen molar-refractivity contribution in [3.05, 3.63) is 33.9 Å². The number of nitrogens with zero attached hydrogens (tertiary/aromatic N) is 1. The molecule has 0 bridgehead atoms. The molecule has 0 aliphatic heterocycles. The van der Waals surface area contributed by atoms with Gasteiger partial charge < -0.3 is 25.1 Å². The van der Waals surface area contributed by atoms with Crippen LogP contribution in [0.4, 0.5) is 26.3 Å². The molecule has 40 heavy (non-hydrogen) atoms. The minimum Gasteiger partial charge on any atom is -0.867 e. The van der Waals surface area contributed by atoms with Crippen LogP contribution in [0, 0.1) is 0 Å². The summed E-state index contributed by atoms with van der Waals surface area (Å²) in [6.07, 6.45) is -9.68. The predicted molar refractivity (Wildman–Crippen MR) is 125 cm³/mol. The van der Waals surface area contributed by atoms with E-state index in [9.17, 15) is 50.6 Å². The maximum Gasteiger partial charge on any atom is 1.00 e. The van der Waals surface area contributed by atoms with Crippen LogP contribution in [-0.2, 0) is 30.3 Å². The number of carbonyl (C=O) groups is 3. The van der Waals surface area contributed by atoms with Crippen molar-refractivity contribution in [1.82, 2.24) is 9.78 Å². The van der Waals surface area contributed by atoms with Gasteiger partial charge in [0.1, 0.15) is 5.69 Å². The summed E-state index contributed by atoms with van der Waals surface area (Å²) in [4.78, 5) is 43.7. The van der Waals surface area contributed by atoms with Crippen molar-refractivity contribution < 1.29 is 89.6 Å². The molecule has 0 unspecified atom stereocenters. The summed E-state index contributed by atoms with van der Waals surface area (Å²) in [5.41, 5.74) is 3.99. The molecule has 1 rings (SSSR count). The van der Waals surface area contributed by atoms with E-state index in [1.54, 1.807) is 20.8 Å². The fourth-order valence-electron chi connectivity index (χ4n) is 2.01. The number of aromatic nitrogens is 2. The molecule has 19 heteroatoms. The molecular weight excluding hydrogens is 595 g/mol. The maximum atomic E-state index is 11.9. The normalized spacial score (nSPS) is 10.8. The van der Waals surface area contributed by atoms with Gasteiger partial charge in [0.25, 0.3) is 5.56 Å². The Bertz CT molecular complexity index is 952. The summed E-state index contributed by atoms with van der Waals surface area (Å²) in [5.74, 6) is -3.65. The Morgan fingerprint density at radius 3 is 1.88 bits per heavy atom. The third kappa shape index (κ3) is 24.8. The van der Waals surface area contributed by atoms with Gasteiger partial charge in [0, 0.05) is 18.6 Å². The largest absolute Gasteiger partial charge is 1.00 e. The van der Waals surface area contributed by atoms with Crippen LogP contribution in [-0.4, -0.2) is 66.4 Å². The van der Waals surface area contributed by atoms with Crippen molar-refractivity contribution >= 4 is 30.3 Å². The Morgan fingerprint density at radius 2 is 1.48 bits per heavy atom. The van der Waals surface area contributed by atoms with Crippen molar-refractivity contribution in [1.29, 1.82) is 0 Å². The molecule has 1 heterocycles. The van der Waals surface area contributed by atoms with Gasteiger partial charge in [-0.2, -0.15) is 26.3 Å². The molecule has 0 fully saturated rings. The van der Waals surface area contributed by atoms with E-state index >= 15 is 0 Å². The summed E-state index contributed by atoms with van der Waals surface area (Å²) in [5, 5.41) is 13.1. The number of aromatic amines is 1. The van der Waals surface area contributed by atoms with E-state index in [1.165, 1.54) is 0 Å². The molecule has 0 amide bonds. The molecule has 228 valence electrons. The van der Waals surface area contributed by atoms with Gasteiger partial charge in [0.15, 0.2) is 0 Å². The molecule has 3 N–H and O–H groups in total. The van der Waals surface area contributed by atoms with Gasteiger partial charge in [-0.05, 0) is 39.5 Å². The number of nitrogens with two attached hydrogens (primary N) is 1. The van der Waals surface area contributed by atoms with Crippen molar-refractivity contribution in [2.45, 2.75) is 58.9 Å². The number of hydrogen-bond donors (Lipinski definition) is 2. The van der Waals surface area contributed by atoms with E-state index in [4.69, 9.17) is 5.73 Å². The second-order valence-electron chi connectivity index (χ2n) is 6.73. The van der Waals surface area contributed by atoms with Crippen molar-refractivity contribution in [2.75, 3.05) is 26.4 Å². The summed E-state index contributed by atoms with van der Waals surface area (Å²) in [6, 6.07) is 0.911. The Morgan fingerprint density at radius 1 is 0.975 bits per heavy atom. The van der Waals surface area contributed by atoms with Crippen molar-refractivity contribution in [3.8, 4) is 0 Å². The van der Waals surface area contributed by atoms with Gasteiger partial charge in [-0.15, -0.1) is 12.4 Å². The standard InChI is InChI=1S/C9H11F3N2O3.C8H12O5.C4H8F3N.ClH.Na/c1-2-17-8(16)6-5-7(15)14(13-6)4-3-9(10,11)12;1-3-12-7(10)5-6(9)8(11)13-4-2;5-4(6,7)2-1-3-8;;/h5,13H,2-4H2,1H3;5,9H,3-4H2,1-2H3;1-3,8H2;1H;/q;;;;+1/p-1/b;6-5-;;;. The van der Waals surface area contributed by atoms with E-state index in [0.717, 1.165) is 10.7 Å². The van der Waals surface area contributed by atoms with Gasteiger partial charge in [-0.1, -0.05) is 0 Å². The van der Waals surface area contributed by atoms with Crippen molar-refractivity contribution in [3.63, 3.8) is 0 Å². The molecule has 0 spiro atoms. The summed E-state index contributed by atoms with van der Waals surface area (Å²) in [6.45, 7) is 4.68. The first-order valence-electron chi connectivity index (χ1n) is 11.0. The quantitative estimate of drug-likeness (QED) is 0.0860. The molecule has 0 atom stereocenters. The molecule has 0 aliphatic carbocycles. The van der Waals surface area contributed by atoms with Gasteiger partial charge >= 0.3 is 59.8 Å². The Kier molecular flexibility index (Phi) is 26.3. The fourth-order valence-corrected chi connectivity index (χ4v) is 2.01. The molecule has 11 nitrogen and oxygen atoms in total. The Hall–Kier alpha value is -2.21. The minimum atomic E-state index is -4.35. The van der Waals surface area contributed by atoms with Gasteiger partial charge in [-0.25, -0.2) is 14.4 Å². The molecule has 1 aromatic rings. The molecule has 0 aromatic carbocycles. The third-order valence-corrected chi connectivity index (χ3v) is 3.58. The molecule has 1 aromatic heterocycles. The van der Waals surface area contributed by atoms with E-state index in [1.807, 2.05) is 0 Å². The number of carbonyl (C=O) groups excluding carboxylic acids is 3. The van der Waals surface area contributed by atoms with Crippen LogP contribution in [0.1, 0.15) is 50.5 Å². The Labute approximate surface area is 254 Å². The zero-order chi connectivity index (χ0) is 29.9. The topological polar surface area (TPSA) is 166 Å². The number of alkyl halides is 6. The predicted octanol–water partition coefficient (Wildman–Crippen LogP) is -0.624. The fraction of sp³-hybridized carbons (Fsp3) is 0.619. The van der Waals surface area contributed by atoms with E-state index in [0.29, 0.717) is 6.08 Å². The number of aryl methyl sites for hydroxylation is 1. The number of nitrogens with one attached hydrogen (secondary N) is 1. The zero-order valence-corrected chi connectivity index (χ0v) is 25.1. The van der Waals surface area contributed by atoms with E-state index < -0.39 is 61.0 Å². The van der Waals surface area contributed by atoms with Gasteiger partial charge in [0.05, 0.1) is 32.8 Å². The third-order valence-electron chi connectivity index (χ3n) is 3.58. The minimum absolute atomic E-state index is 0. The van der Waals surface area contributed by atoms with Crippen LogP contribution >= 0.6 is 12.4 Å². The smallest absolute Gasteiger partial charge is 0.867 e. The first-order chi connectivity index (χ1) is 17.5. The van der Waals surface area contributed by atoms with Crippen LogP contribution in [0.2, 0.25) is 0 Å². The molecule has 0 radical (unpaired) electrons. The molecule has 0 saturated carbocycles. The second kappa shape index (κ2) is 23.5. The zero-order valence-electron chi connectivity index (χ0n) is 22.3. The van der Waals surface area contributed by atoms with Gasteiger partial charge in [-0.3, -0.25) is 14.6 Å². The molecular formula is C21H31ClF6N3NaO8. The number of H-pyrrole nitrogens is 1. The second-order valence-corrected chi connectivity index (χ2v) is 6.73. The van der Waals surface area contributed by atoms with E-state index in [2.05, 4.69) is 19.3 Å². The van der Waals surface area contributed by atoms with Crippen LogP contribution < -0.4 is 46.0 Å². The van der Waals surface area contributed by atoms with Gasteiger partial charge in [0.2, 0.25) is 0 Å². The Balaban J connectivity index is -0.000000252. The number of ether oxygens (including phenoxy) is 3. The van der Waals surface area contributed by atoms with E-state index in [-0.39, 0.29) is 80.4 Å². The van der Waals surface area contributed by atoms with Crippen LogP contribution in [0.5, 0.6) is 0 Å².